The maximum atomic E-state index is 13.2. The highest BCUT2D eigenvalue weighted by atomic mass is 79.9. The van der Waals surface area contributed by atoms with E-state index in [9.17, 15) is 4.39 Å². The molecule has 2 aromatic rings. The highest BCUT2D eigenvalue weighted by Crippen LogP contribution is 2.33. The number of hydrogen-bond donors (Lipinski definition) is 1. The minimum atomic E-state index is -0.296. The minimum absolute atomic E-state index is 0.248. The van der Waals surface area contributed by atoms with Gasteiger partial charge in [-0.1, -0.05) is 13.8 Å². The van der Waals surface area contributed by atoms with Gasteiger partial charge in [-0.3, -0.25) is 0 Å². The predicted molar refractivity (Wildman–Crippen MR) is 86.5 cm³/mol. The van der Waals surface area contributed by atoms with E-state index < -0.39 is 0 Å². The van der Waals surface area contributed by atoms with Gasteiger partial charge >= 0.3 is 0 Å². The number of nitrogens with one attached hydrogen (secondary N) is 1. The molecule has 0 fully saturated rings. The van der Waals surface area contributed by atoms with Gasteiger partial charge in [0.15, 0.2) is 5.82 Å². The van der Waals surface area contributed by atoms with Crippen LogP contribution >= 0.6 is 31.9 Å². The largest absolute Gasteiger partial charge is 0.372 e. The van der Waals surface area contributed by atoms with Crippen molar-refractivity contribution >= 4 is 37.7 Å². The molecule has 0 unspecified atom stereocenters. The molecule has 0 aliphatic heterocycles. The third-order valence-corrected chi connectivity index (χ3v) is 4.27. The summed E-state index contributed by atoms with van der Waals surface area (Å²) in [6, 6.07) is 4.49. The number of nitrogens with zero attached hydrogens (tertiary/aromatic N) is 2. The van der Waals surface area contributed by atoms with E-state index in [1.165, 1.54) is 12.1 Å². The standard InChI is InChI=1S/C14H14Br2FN3/c1-7(2)12-11(16)14(18-3)20-13(19-12)9-5-4-8(17)6-10(9)15/h4-7H,1-3H3,(H,18,19,20). The third-order valence-electron chi connectivity index (χ3n) is 2.83. The molecule has 1 N–H and O–H groups in total. The van der Waals surface area contributed by atoms with Gasteiger partial charge < -0.3 is 5.32 Å². The van der Waals surface area contributed by atoms with Crippen molar-refractivity contribution < 1.29 is 4.39 Å². The summed E-state index contributed by atoms with van der Waals surface area (Å²) in [6.45, 7) is 4.13. The zero-order chi connectivity index (χ0) is 14.9. The zero-order valence-corrected chi connectivity index (χ0v) is 14.5. The first-order valence-corrected chi connectivity index (χ1v) is 7.73. The molecule has 0 spiro atoms. The van der Waals surface area contributed by atoms with E-state index in [1.54, 1.807) is 13.1 Å². The summed E-state index contributed by atoms with van der Waals surface area (Å²) >= 11 is 6.88. The molecule has 0 radical (unpaired) electrons. The first kappa shape index (κ1) is 15.4. The highest BCUT2D eigenvalue weighted by molar-refractivity contribution is 9.11. The lowest BCUT2D eigenvalue weighted by Crippen LogP contribution is -2.05. The quantitative estimate of drug-likeness (QED) is 0.787. The Kier molecular flexibility index (Phi) is 4.75. The molecular weight excluding hydrogens is 389 g/mol. The normalized spacial score (nSPS) is 10.9. The summed E-state index contributed by atoms with van der Waals surface area (Å²) in [4.78, 5) is 9.06. The van der Waals surface area contributed by atoms with Crippen LogP contribution in [-0.4, -0.2) is 17.0 Å². The molecule has 1 heterocycles. The number of anilines is 1. The average molecular weight is 403 g/mol. The molecule has 0 bridgehead atoms. The second kappa shape index (κ2) is 6.18. The van der Waals surface area contributed by atoms with Crippen LogP contribution in [0.3, 0.4) is 0 Å². The summed E-state index contributed by atoms with van der Waals surface area (Å²) in [5.74, 6) is 1.23. The Bertz CT molecular complexity index is 645. The van der Waals surface area contributed by atoms with Crippen LogP contribution in [-0.2, 0) is 0 Å². The SMILES string of the molecule is CNc1nc(-c2ccc(F)cc2Br)nc(C(C)C)c1Br. The molecule has 0 aliphatic carbocycles. The number of rotatable bonds is 3. The molecule has 2 rings (SSSR count). The van der Waals surface area contributed by atoms with Crippen molar-refractivity contribution in [3.05, 3.63) is 38.7 Å². The van der Waals surface area contributed by atoms with Gasteiger partial charge in [0, 0.05) is 17.1 Å². The molecule has 6 heteroatoms. The smallest absolute Gasteiger partial charge is 0.162 e. The first-order chi connectivity index (χ1) is 9.43. The molecule has 1 aromatic carbocycles. The van der Waals surface area contributed by atoms with E-state index in [-0.39, 0.29) is 11.7 Å². The fraction of sp³-hybridized carbons (Fsp3) is 0.286. The Morgan fingerprint density at radius 3 is 2.45 bits per heavy atom. The van der Waals surface area contributed by atoms with Crippen molar-refractivity contribution in [2.45, 2.75) is 19.8 Å². The molecule has 0 atom stereocenters. The van der Waals surface area contributed by atoms with E-state index >= 15 is 0 Å². The maximum Gasteiger partial charge on any atom is 0.162 e. The highest BCUT2D eigenvalue weighted by Gasteiger charge is 2.16. The van der Waals surface area contributed by atoms with Crippen molar-refractivity contribution in [1.29, 1.82) is 0 Å². The molecule has 20 heavy (non-hydrogen) atoms. The maximum absolute atomic E-state index is 13.2. The van der Waals surface area contributed by atoms with Crippen LogP contribution in [0.2, 0.25) is 0 Å². The van der Waals surface area contributed by atoms with Crippen LogP contribution < -0.4 is 5.32 Å². The van der Waals surface area contributed by atoms with Crippen molar-refractivity contribution in [1.82, 2.24) is 9.97 Å². The second-order valence-corrected chi connectivity index (χ2v) is 6.27. The Balaban J connectivity index is 2.65. The van der Waals surface area contributed by atoms with Crippen LogP contribution in [0, 0.1) is 5.82 Å². The van der Waals surface area contributed by atoms with Gasteiger partial charge in [0.2, 0.25) is 0 Å². The molecule has 0 amide bonds. The van der Waals surface area contributed by atoms with Crippen LogP contribution in [0.4, 0.5) is 10.2 Å². The van der Waals surface area contributed by atoms with Crippen molar-refractivity contribution in [2.24, 2.45) is 0 Å². The Morgan fingerprint density at radius 1 is 1.20 bits per heavy atom. The van der Waals surface area contributed by atoms with Crippen LogP contribution in [0.15, 0.2) is 27.1 Å². The van der Waals surface area contributed by atoms with Gasteiger partial charge in [-0.05, 0) is 56.0 Å². The summed E-state index contributed by atoms with van der Waals surface area (Å²) in [5.41, 5.74) is 1.67. The Hall–Kier alpha value is -1.01. The molecule has 3 nitrogen and oxygen atoms in total. The predicted octanol–water partition coefficient (Wildman–Crippen LogP) is 4.97. The van der Waals surface area contributed by atoms with Crippen molar-refractivity contribution in [3.63, 3.8) is 0 Å². The Labute approximate surface area is 134 Å². The van der Waals surface area contributed by atoms with E-state index in [2.05, 4.69) is 61.0 Å². The lowest BCUT2D eigenvalue weighted by molar-refractivity contribution is 0.627. The van der Waals surface area contributed by atoms with Crippen molar-refractivity contribution in [3.8, 4) is 11.4 Å². The Morgan fingerprint density at radius 2 is 1.90 bits per heavy atom. The van der Waals surface area contributed by atoms with Gasteiger partial charge in [0.25, 0.3) is 0 Å². The first-order valence-electron chi connectivity index (χ1n) is 6.14. The average Bonchev–Trinajstić information content (AvgIpc) is 2.39. The van der Waals surface area contributed by atoms with E-state index in [0.29, 0.717) is 10.3 Å². The number of benzene rings is 1. The van der Waals surface area contributed by atoms with E-state index in [4.69, 9.17) is 0 Å². The molecule has 1 aromatic heterocycles. The van der Waals surface area contributed by atoms with Gasteiger partial charge in [-0.2, -0.15) is 0 Å². The van der Waals surface area contributed by atoms with Crippen LogP contribution in [0.5, 0.6) is 0 Å². The zero-order valence-electron chi connectivity index (χ0n) is 11.3. The van der Waals surface area contributed by atoms with Gasteiger partial charge in [-0.15, -0.1) is 0 Å². The third kappa shape index (κ3) is 3.01. The monoisotopic (exact) mass is 401 g/mol. The minimum Gasteiger partial charge on any atom is -0.372 e. The number of halogens is 3. The lowest BCUT2D eigenvalue weighted by atomic mass is 10.1. The topological polar surface area (TPSA) is 37.8 Å². The van der Waals surface area contributed by atoms with Gasteiger partial charge in [0.05, 0.1) is 10.2 Å². The van der Waals surface area contributed by atoms with E-state index in [1.807, 2.05) is 0 Å². The molecule has 0 saturated carbocycles. The second-order valence-electron chi connectivity index (χ2n) is 4.62. The molecule has 0 saturated heterocycles. The molecule has 0 aliphatic rings. The number of aromatic nitrogens is 2. The van der Waals surface area contributed by atoms with Gasteiger partial charge in [-0.25, -0.2) is 14.4 Å². The van der Waals surface area contributed by atoms with Gasteiger partial charge in [0.1, 0.15) is 11.6 Å². The lowest BCUT2D eigenvalue weighted by Gasteiger charge is -2.14. The molecule has 106 valence electrons. The summed E-state index contributed by atoms with van der Waals surface area (Å²) in [5, 5.41) is 3.04. The van der Waals surface area contributed by atoms with Crippen molar-refractivity contribution in [2.75, 3.05) is 12.4 Å². The summed E-state index contributed by atoms with van der Waals surface area (Å²) in [6.07, 6.45) is 0. The fourth-order valence-corrected chi connectivity index (χ4v) is 3.17. The summed E-state index contributed by atoms with van der Waals surface area (Å²) in [7, 11) is 1.81. The van der Waals surface area contributed by atoms with E-state index in [0.717, 1.165) is 21.5 Å². The van der Waals surface area contributed by atoms with Crippen LogP contribution in [0.1, 0.15) is 25.5 Å². The van der Waals surface area contributed by atoms with Crippen LogP contribution in [0.25, 0.3) is 11.4 Å². The number of hydrogen-bond acceptors (Lipinski definition) is 3. The molecular formula is C14H14Br2FN3. The fourth-order valence-electron chi connectivity index (χ4n) is 1.80. The summed E-state index contributed by atoms with van der Waals surface area (Å²) < 4.78 is 14.7.